The number of benzene rings is 2. The van der Waals surface area contributed by atoms with Gasteiger partial charge in [0.2, 0.25) is 0 Å². The molecule has 0 saturated heterocycles. The number of nitrogens with zero attached hydrogens (tertiary/aromatic N) is 1. The lowest BCUT2D eigenvalue weighted by atomic mass is 10.0. The van der Waals surface area contributed by atoms with Gasteiger partial charge in [0.15, 0.2) is 6.61 Å². The Bertz CT molecular complexity index is 1190. The Kier molecular flexibility index (Phi) is 8.28. The smallest absolute Gasteiger partial charge is 0.330 e. The first kappa shape index (κ1) is 26.9. The number of fused-ring (bicyclic) bond motifs is 1. The zero-order valence-corrected chi connectivity index (χ0v) is 21.9. The molecule has 1 heterocycles. The molecule has 2 aromatic rings. The van der Waals surface area contributed by atoms with E-state index in [2.05, 4.69) is 5.32 Å². The van der Waals surface area contributed by atoms with Crippen molar-refractivity contribution >= 4 is 99.0 Å². The number of imide groups is 1. The van der Waals surface area contributed by atoms with E-state index in [-0.39, 0.29) is 41.9 Å². The summed E-state index contributed by atoms with van der Waals surface area (Å²) < 4.78 is 5.09. The lowest BCUT2D eigenvalue weighted by Gasteiger charge is -2.27. The van der Waals surface area contributed by atoms with Crippen molar-refractivity contribution in [2.24, 2.45) is 5.92 Å². The van der Waals surface area contributed by atoms with Gasteiger partial charge in [-0.2, -0.15) is 0 Å². The van der Waals surface area contributed by atoms with Crippen molar-refractivity contribution in [3.8, 4) is 0 Å². The molecular weight excluding hydrogens is 573 g/mol. The maximum atomic E-state index is 13.1. The van der Waals surface area contributed by atoms with Crippen molar-refractivity contribution in [1.29, 1.82) is 0 Å². The molecule has 1 atom stereocenters. The van der Waals surface area contributed by atoms with Crippen LogP contribution >= 0.6 is 69.6 Å². The molecule has 0 spiro atoms. The fraction of sp³-hybridized carbons (Fsp3) is 0.238. The first-order valence-corrected chi connectivity index (χ1v) is 11.8. The summed E-state index contributed by atoms with van der Waals surface area (Å²) in [7, 11) is 0. The van der Waals surface area contributed by atoms with Crippen LogP contribution in [0.4, 0.5) is 5.69 Å². The minimum atomic E-state index is -1.39. The summed E-state index contributed by atoms with van der Waals surface area (Å²) in [5, 5.41) is 2.09. The molecule has 0 saturated carbocycles. The SMILES string of the molecule is CC(C)[C@H](C(=O)OCC(=O)Nc1cc(Cl)ccc1Cl)N1C(=O)c2c(Cl)c(Cl)c(Cl)c(Cl)c2C1=O. The number of rotatable bonds is 6. The van der Waals surface area contributed by atoms with Gasteiger partial charge in [-0.15, -0.1) is 0 Å². The topological polar surface area (TPSA) is 92.8 Å². The zero-order valence-electron chi connectivity index (χ0n) is 17.4. The number of hydrogen-bond donors (Lipinski definition) is 1. The summed E-state index contributed by atoms with van der Waals surface area (Å²) in [4.78, 5) is 52.0. The normalized spacial score (nSPS) is 13.9. The lowest BCUT2D eigenvalue weighted by Crippen LogP contribution is -2.49. The molecule has 3 amide bonds. The Hall–Kier alpha value is -1.74. The maximum Gasteiger partial charge on any atom is 0.330 e. The van der Waals surface area contributed by atoms with Gasteiger partial charge in [-0.25, -0.2) is 4.79 Å². The highest BCUT2D eigenvalue weighted by atomic mass is 35.5. The minimum absolute atomic E-state index is 0.199. The van der Waals surface area contributed by atoms with E-state index < -0.39 is 42.3 Å². The van der Waals surface area contributed by atoms with Gasteiger partial charge in [-0.3, -0.25) is 19.3 Å². The van der Waals surface area contributed by atoms with Crippen LogP contribution in [0, 0.1) is 5.92 Å². The molecule has 0 unspecified atom stereocenters. The third kappa shape index (κ3) is 4.96. The van der Waals surface area contributed by atoms with E-state index in [0.29, 0.717) is 9.92 Å². The Labute approximate surface area is 224 Å². The lowest BCUT2D eigenvalue weighted by molar-refractivity contribution is -0.152. The standard InChI is InChI=1S/C21H14Cl6N2O5/c1-7(2)18(21(33)34-6-11(30)28-10-5-8(22)3-4-9(10)23)29-19(31)12-13(20(29)32)15(25)17(27)16(26)14(12)24/h3-5,7,18H,6H2,1-2H3,(H,28,30)/t18-/m1/s1. The predicted molar refractivity (Wildman–Crippen MR) is 132 cm³/mol. The number of esters is 1. The predicted octanol–water partition coefficient (Wildman–Crippen LogP) is 6.41. The van der Waals surface area contributed by atoms with Gasteiger partial charge in [0.05, 0.1) is 41.9 Å². The van der Waals surface area contributed by atoms with E-state index in [4.69, 9.17) is 74.3 Å². The van der Waals surface area contributed by atoms with E-state index in [9.17, 15) is 19.2 Å². The summed E-state index contributed by atoms with van der Waals surface area (Å²) in [5.74, 6) is -4.09. The van der Waals surface area contributed by atoms with Gasteiger partial charge in [0.25, 0.3) is 17.7 Å². The van der Waals surface area contributed by atoms with Crippen LogP contribution in [0.1, 0.15) is 34.6 Å². The zero-order chi connectivity index (χ0) is 25.5. The molecule has 0 bridgehead atoms. The molecule has 0 aromatic heterocycles. The second-order valence-electron chi connectivity index (χ2n) is 7.46. The number of halogens is 6. The van der Waals surface area contributed by atoms with Gasteiger partial charge < -0.3 is 10.1 Å². The van der Waals surface area contributed by atoms with Crippen LogP contribution < -0.4 is 5.32 Å². The van der Waals surface area contributed by atoms with E-state index in [1.807, 2.05) is 0 Å². The molecule has 0 fully saturated rings. The van der Waals surface area contributed by atoms with Crippen molar-refractivity contribution in [3.63, 3.8) is 0 Å². The molecule has 1 N–H and O–H groups in total. The minimum Gasteiger partial charge on any atom is -0.454 e. The molecule has 0 radical (unpaired) electrons. The largest absolute Gasteiger partial charge is 0.454 e. The highest BCUT2D eigenvalue weighted by Crippen LogP contribution is 2.45. The Morgan fingerprint density at radius 2 is 1.44 bits per heavy atom. The van der Waals surface area contributed by atoms with Crippen molar-refractivity contribution in [2.75, 3.05) is 11.9 Å². The van der Waals surface area contributed by atoms with Crippen molar-refractivity contribution < 1.29 is 23.9 Å². The number of amides is 3. The second-order valence-corrected chi connectivity index (χ2v) is 9.81. The number of hydrogen-bond acceptors (Lipinski definition) is 5. The molecule has 7 nitrogen and oxygen atoms in total. The number of carbonyl (C=O) groups excluding carboxylic acids is 4. The molecule has 1 aliphatic rings. The highest BCUT2D eigenvalue weighted by Gasteiger charge is 2.48. The highest BCUT2D eigenvalue weighted by molar-refractivity contribution is 6.55. The van der Waals surface area contributed by atoms with Crippen LogP contribution in [0.5, 0.6) is 0 Å². The monoisotopic (exact) mass is 584 g/mol. The van der Waals surface area contributed by atoms with Crippen molar-refractivity contribution in [1.82, 2.24) is 4.90 Å². The fourth-order valence-electron chi connectivity index (χ4n) is 3.30. The molecule has 180 valence electrons. The average Bonchev–Trinajstić information content (AvgIpc) is 3.02. The summed E-state index contributed by atoms with van der Waals surface area (Å²) in [6.07, 6.45) is 0. The average molecular weight is 587 g/mol. The van der Waals surface area contributed by atoms with Crippen LogP contribution in [0.25, 0.3) is 0 Å². The maximum absolute atomic E-state index is 13.1. The summed E-state index contributed by atoms with van der Waals surface area (Å²) in [6.45, 7) is 2.46. The van der Waals surface area contributed by atoms with Gasteiger partial charge in [-0.05, 0) is 24.1 Å². The van der Waals surface area contributed by atoms with Gasteiger partial charge in [0, 0.05) is 5.02 Å². The number of anilines is 1. The fourth-order valence-corrected chi connectivity index (χ4v) is 4.65. The quantitative estimate of drug-likeness (QED) is 0.183. The van der Waals surface area contributed by atoms with E-state index >= 15 is 0 Å². The summed E-state index contributed by atoms with van der Waals surface area (Å²) in [6, 6.07) is 3.05. The first-order chi connectivity index (χ1) is 15.9. The van der Waals surface area contributed by atoms with Crippen molar-refractivity contribution in [2.45, 2.75) is 19.9 Å². The first-order valence-electron chi connectivity index (χ1n) is 9.52. The van der Waals surface area contributed by atoms with Gasteiger partial charge in [0.1, 0.15) is 6.04 Å². The Morgan fingerprint density at radius 1 is 0.912 bits per heavy atom. The number of ether oxygens (including phenoxy) is 1. The third-order valence-electron chi connectivity index (χ3n) is 4.83. The van der Waals surface area contributed by atoms with Gasteiger partial charge >= 0.3 is 5.97 Å². The second kappa shape index (κ2) is 10.5. The van der Waals surface area contributed by atoms with Crippen LogP contribution in [0.3, 0.4) is 0 Å². The molecule has 1 aliphatic heterocycles. The number of nitrogens with one attached hydrogen (secondary N) is 1. The molecule has 3 rings (SSSR count). The molecular formula is C21H14Cl6N2O5. The van der Waals surface area contributed by atoms with Crippen LogP contribution in [0.2, 0.25) is 30.1 Å². The Morgan fingerprint density at radius 3 is 1.94 bits per heavy atom. The van der Waals surface area contributed by atoms with Gasteiger partial charge in [-0.1, -0.05) is 83.5 Å². The van der Waals surface area contributed by atoms with Crippen LogP contribution in [-0.2, 0) is 14.3 Å². The van der Waals surface area contributed by atoms with Crippen molar-refractivity contribution in [3.05, 3.63) is 59.5 Å². The molecule has 34 heavy (non-hydrogen) atoms. The summed E-state index contributed by atoms with van der Waals surface area (Å²) in [5.41, 5.74) is -0.315. The third-order valence-corrected chi connectivity index (χ3v) is 7.20. The number of carbonyl (C=O) groups is 4. The molecule has 2 aromatic carbocycles. The van der Waals surface area contributed by atoms with E-state index in [0.717, 1.165) is 0 Å². The summed E-state index contributed by atoms with van der Waals surface area (Å²) >= 11 is 36.2. The van der Waals surface area contributed by atoms with E-state index in [1.165, 1.54) is 18.2 Å². The van der Waals surface area contributed by atoms with Crippen LogP contribution in [-0.4, -0.2) is 41.2 Å². The molecule has 13 heteroatoms. The van der Waals surface area contributed by atoms with Crippen LogP contribution in [0.15, 0.2) is 18.2 Å². The molecule has 0 aliphatic carbocycles. The van der Waals surface area contributed by atoms with E-state index in [1.54, 1.807) is 13.8 Å². The Balaban J connectivity index is 1.81.